The van der Waals surface area contributed by atoms with E-state index in [0.717, 1.165) is 18.9 Å². The van der Waals surface area contributed by atoms with Crippen LogP contribution in [0.15, 0.2) is 72.9 Å². The SMILES string of the molecule is CCCCCCCCC(=O)C=CC=CC=CC=CC=CC=CC(=O)O. The molecule has 0 aromatic rings. The second-order valence-electron chi connectivity index (χ2n) is 5.58. The maximum Gasteiger partial charge on any atom is 0.328 e. The molecule has 25 heavy (non-hydrogen) atoms. The van der Waals surface area contributed by atoms with E-state index in [1.54, 1.807) is 30.4 Å². The summed E-state index contributed by atoms with van der Waals surface area (Å²) in [6, 6.07) is 0. The molecule has 0 bridgehead atoms. The third kappa shape index (κ3) is 19.5. The molecule has 0 unspecified atom stereocenters. The van der Waals surface area contributed by atoms with Crippen LogP contribution in [0.5, 0.6) is 0 Å². The van der Waals surface area contributed by atoms with Crippen molar-refractivity contribution in [2.75, 3.05) is 0 Å². The Bertz CT molecular complexity index is 531. The Morgan fingerprint density at radius 3 is 1.60 bits per heavy atom. The van der Waals surface area contributed by atoms with Crippen molar-refractivity contribution in [3.63, 3.8) is 0 Å². The zero-order valence-corrected chi connectivity index (χ0v) is 15.1. The van der Waals surface area contributed by atoms with Crippen LogP contribution in [0.4, 0.5) is 0 Å². The molecule has 0 aliphatic carbocycles. The van der Waals surface area contributed by atoms with E-state index < -0.39 is 5.97 Å². The fraction of sp³-hybridized carbons (Fsp3) is 0.364. The molecule has 0 fully saturated rings. The van der Waals surface area contributed by atoms with Crippen molar-refractivity contribution in [1.29, 1.82) is 0 Å². The number of carboxylic acid groups (broad SMARTS) is 1. The molecule has 0 spiro atoms. The van der Waals surface area contributed by atoms with E-state index in [0.29, 0.717) is 6.42 Å². The van der Waals surface area contributed by atoms with Gasteiger partial charge in [-0.3, -0.25) is 4.79 Å². The standard InChI is InChI=1S/C22H30O3/c1-2-3-4-5-12-15-18-21(23)19-16-13-10-8-6-7-9-11-14-17-20-22(24)25/h6-11,13-14,16-17,19-20H,2-5,12,15,18H2,1H3,(H,24,25). The van der Waals surface area contributed by atoms with Gasteiger partial charge < -0.3 is 5.11 Å². The Morgan fingerprint density at radius 2 is 1.08 bits per heavy atom. The second-order valence-corrected chi connectivity index (χ2v) is 5.58. The van der Waals surface area contributed by atoms with Crippen LogP contribution in [-0.4, -0.2) is 16.9 Å². The van der Waals surface area contributed by atoms with Crippen molar-refractivity contribution in [1.82, 2.24) is 0 Å². The van der Waals surface area contributed by atoms with E-state index in [1.807, 2.05) is 30.4 Å². The molecule has 0 aliphatic heterocycles. The summed E-state index contributed by atoms with van der Waals surface area (Å²) in [4.78, 5) is 21.9. The van der Waals surface area contributed by atoms with Crippen LogP contribution in [0.2, 0.25) is 0 Å². The van der Waals surface area contributed by atoms with Gasteiger partial charge in [-0.15, -0.1) is 0 Å². The number of carbonyl (C=O) groups is 2. The molecule has 0 aromatic heterocycles. The number of carboxylic acids is 1. The highest BCUT2D eigenvalue weighted by atomic mass is 16.4. The monoisotopic (exact) mass is 342 g/mol. The predicted molar refractivity (Wildman–Crippen MR) is 105 cm³/mol. The molecule has 0 radical (unpaired) electrons. The molecule has 0 aromatic carbocycles. The first-order valence-corrected chi connectivity index (χ1v) is 8.94. The summed E-state index contributed by atoms with van der Waals surface area (Å²) >= 11 is 0. The lowest BCUT2D eigenvalue weighted by Crippen LogP contribution is -1.91. The fourth-order valence-corrected chi connectivity index (χ4v) is 1.98. The summed E-state index contributed by atoms with van der Waals surface area (Å²) in [6.07, 6.45) is 28.2. The van der Waals surface area contributed by atoms with Crippen LogP contribution in [0.1, 0.15) is 51.9 Å². The van der Waals surface area contributed by atoms with Gasteiger partial charge in [0.2, 0.25) is 0 Å². The van der Waals surface area contributed by atoms with Gasteiger partial charge in [-0.1, -0.05) is 99.8 Å². The Labute approximate surface area is 151 Å². The number of allylic oxidation sites excluding steroid dienone is 11. The summed E-state index contributed by atoms with van der Waals surface area (Å²) in [5.74, 6) is -0.777. The zero-order chi connectivity index (χ0) is 18.6. The lowest BCUT2D eigenvalue weighted by atomic mass is 10.1. The molecule has 0 rings (SSSR count). The number of aliphatic carboxylic acids is 1. The summed E-state index contributed by atoms with van der Waals surface area (Å²) < 4.78 is 0. The van der Waals surface area contributed by atoms with Crippen LogP contribution in [0, 0.1) is 0 Å². The van der Waals surface area contributed by atoms with Crippen molar-refractivity contribution in [3.8, 4) is 0 Å². The number of hydrogen-bond acceptors (Lipinski definition) is 2. The van der Waals surface area contributed by atoms with E-state index in [9.17, 15) is 9.59 Å². The van der Waals surface area contributed by atoms with E-state index >= 15 is 0 Å². The molecule has 1 N–H and O–H groups in total. The van der Waals surface area contributed by atoms with Gasteiger partial charge in [-0.2, -0.15) is 0 Å². The van der Waals surface area contributed by atoms with Crippen LogP contribution in [-0.2, 0) is 9.59 Å². The Balaban J connectivity index is 3.79. The molecule has 0 aliphatic rings. The quantitative estimate of drug-likeness (QED) is 0.249. The number of rotatable bonds is 14. The molecule has 0 heterocycles. The first kappa shape index (κ1) is 22.6. The Hall–Kier alpha value is -2.42. The third-order valence-corrected chi connectivity index (χ3v) is 3.30. The number of hydrogen-bond donors (Lipinski definition) is 1. The zero-order valence-electron chi connectivity index (χ0n) is 15.1. The van der Waals surface area contributed by atoms with Crippen LogP contribution in [0.3, 0.4) is 0 Å². The van der Waals surface area contributed by atoms with Crippen molar-refractivity contribution in [2.24, 2.45) is 0 Å². The molecule has 0 amide bonds. The van der Waals surface area contributed by atoms with Gasteiger partial charge in [-0.25, -0.2) is 4.79 Å². The minimum absolute atomic E-state index is 0.184. The van der Waals surface area contributed by atoms with Gasteiger partial charge >= 0.3 is 5.97 Å². The van der Waals surface area contributed by atoms with Gasteiger partial charge in [0.1, 0.15) is 0 Å². The molecule has 0 saturated heterocycles. The van der Waals surface area contributed by atoms with E-state index in [4.69, 9.17) is 5.11 Å². The lowest BCUT2D eigenvalue weighted by molar-refractivity contribution is -0.131. The second kappa shape index (κ2) is 17.9. The van der Waals surface area contributed by atoms with E-state index in [1.165, 1.54) is 31.8 Å². The summed E-state index contributed by atoms with van der Waals surface area (Å²) in [7, 11) is 0. The molecule has 0 atom stereocenters. The minimum atomic E-state index is -0.961. The van der Waals surface area contributed by atoms with Crippen molar-refractivity contribution < 1.29 is 14.7 Å². The maximum absolute atomic E-state index is 11.6. The average Bonchev–Trinajstić information content (AvgIpc) is 2.58. The van der Waals surface area contributed by atoms with Gasteiger partial charge in [0.05, 0.1) is 0 Å². The van der Waals surface area contributed by atoms with E-state index in [-0.39, 0.29) is 5.78 Å². The van der Waals surface area contributed by atoms with Gasteiger partial charge in [0, 0.05) is 12.5 Å². The maximum atomic E-state index is 11.6. The summed E-state index contributed by atoms with van der Waals surface area (Å²) in [5, 5.41) is 8.39. The minimum Gasteiger partial charge on any atom is -0.478 e. The third-order valence-electron chi connectivity index (χ3n) is 3.30. The average molecular weight is 342 g/mol. The number of carbonyl (C=O) groups excluding carboxylic acids is 1. The topological polar surface area (TPSA) is 54.4 Å². The largest absolute Gasteiger partial charge is 0.478 e. The fourth-order valence-electron chi connectivity index (χ4n) is 1.98. The van der Waals surface area contributed by atoms with Crippen LogP contribution < -0.4 is 0 Å². The normalized spacial score (nSPS) is 12.8. The van der Waals surface area contributed by atoms with Crippen molar-refractivity contribution in [2.45, 2.75) is 51.9 Å². The predicted octanol–water partition coefficient (Wildman–Crippen LogP) is 5.73. The molecule has 3 nitrogen and oxygen atoms in total. The Morgan fingerprint density at radius 1 is 0.640 bits per heavy atom. The first-order chi connectivity index (χ1) is 12.2. The highest BCUT2D eigenvalue weighted by Crippen LogP contribution is 2.07. The lowest BCUT2D eigenvalue weighted by Gasteiger charge is -1.98. The van der Waals surface area contributed by atoms with Crippen molar-refractivity contribution >= 4 is 11.8 Å². The number of ketones is 1. The van der Waals surface area contributed by atoms with Crippen LogP contribution in [0.25, 0.3) is 0 Å². The Kier molecular flexibility index (Phi) is 16.2. The van der Waals surface area contributed by atoms with Gasteiger partial charge in [-0.05, 0) is 12.5 Å². The van der Waals surface area contributed by atoms with Gasteiger partial charge in [0.15, 0.2) is 5.78 Å². The summed E-state index contributed by atoms with van der Waals surface area (Å²) in [6.45, 7) is 2.20. The van der Waals surface area contributed by atoms with E-state index in [2.05, 4.69) is 6.92 Å². The summed E-state index contributed by atoms with van der Waals surface area (Å²) in [5.41, 5.74) is 0. The number of unbranched alkanes of at least 4 members (excludes halogenated alkanes) is 5. The molecular formula is C22H30O3. The highest BCUT2D eigenvalue weighted by Gasteiger charge is 1.96. The molecule has 136 valence electrons. The smallest absolute Gasteiger partial charge is 0.328 e. The van der Waals surface area contributed by atoms with Crippen LogP contribution >= 0.6 is 0 Å². The first-order valence-electron chi connectivity index (χ1n) is 8.94. The molecular weight excluding hydrogens is 312 g/mol. The molecule has 0 saturated carbocycles. The highest BCUT2D eigenvalue weighted by molar-refractivity contribution is 5.89. The molecule has 3 heteroatoms. The van der Waals surface area contributed by atoms with Crippen molar-refractivity contribution in [3.05, 3.63) is 72.9 Å². The van der Waals surface area contributed by atoms with Gasteiger partial charge in [0.25, 0.3) is 0 Å².